The lowest BCUT2D eigenvalue weighted by Gasteiger charge is -2.24. The van der Waals surface area contributed by atoms with Gasteiger partial charge in [-0.05, 0) is 49.3 Å². The smallest absolute Gasteiger partial charge is 0.127 e. The van der Waals surface area contributed by atoms with Crippen molar-refractivity contribution in [2.45, 2.75) is 32.5 Å². The third-order valence-electron chi connectivity index (χ3n) is 4.96. The number of hydrogen-bond acceptors (Lipinski definition) is 5. The summed E-state index contributed by atoms with van der Waals surface area (Å²) >= 11 is 0. The number of nitrogens with zero attached hydrogens (tertiary/aromatic N) is 3. The van der Waals surface area contributed by atoms with Crippen molar-refractivity contribution in [2.75, 3.05) is 26.8 Å². The van der Waals surface area contributed by atoms with Crippen molar-refractivity contribution >= 4 is 6.08 Å². The number of aromatic nitrogens is 2. The Labute approximate surface area is 153 Å². The highest BCUT2D eigenvalue weighted by Gasteiger charge is 2.20. The predicted molar refractivity (Wildman–Crippen MR) is 99.2 cm³/mol. The number of aliphatic hydroxyl groups is 1. The molecular formula is C20H25N3O3. The Morgan fingerprint density at radius 2 is 2.19 bits per heavy atom. The van der Waals surface area contributed by atoms with E-state index in [1.807, 2.05) is 28.9 Å². The van der Waals surface area contributed by atoms with Crippen molar-refractivity contribution < 1.29 is 14.6 Å². The standard InChI is InChI=1S/C20H25N3O3/c1-14(24)19-10-17-12-22(6-3-7-23(17)21-19)11-15-8-16-9-18(25-2)4-5-20(16)26-13-15/h4-5,8-10,14,24H,3,6-7,11-13H2,1-2H3. The van der Waals surface area contributed by atoms with Crippen LogP contribution in [0.25, 0.3) is 6.08 Å². The van der Waals surface area contributed by atoms with E-state index >= 15 is 0 Å². The maximum Gasteiger partial charge on any atom is 0.127 e. The van der Waals surface area contributed by atoms with Gasteiger partial charge < -0.3 is 14.6 Å². The first-order chi connectivity index (χ1) is 12.6. The highest BCUT2D eigenvalue weighted by atomic mass is 16.5. The van der Waals surface area contributed by atoms with E-state index in [0.717, 1.165) is 61.1 Å². The molecule has 0 aliphatic carbocycles. The Morgan fingerprint density at radius 1 is 1.31 bits per heavy atom. The minimum absolute atomic E-state index is 0.524. The van der Waals surface area contributed by atoms with Crippen LogP contribution >= 0.6 is 0 Å². The van der Waals surface area contributed by atoms with Crippen molar-refractivity contribution in [1.82, 2.24) is 14.7 Å². The molecule has 3 heterocycles. The number of benzene rings is 1. The van der Waals surface area contributed by atoms with E-state index in [-0.39, 0.29) is 0 Å². The fourth-order valence-electron chi connectivity index (χ4n) is 3.60. The number of hydrogen-bond donors (Lipinski definition) is 1. The van der Waals surface area contributed by atoms with Crippen LogP contribution < -0.4 is 9.47 Å². The Hall–Kier alpha value is -2.31. The average Bonchev–Trinajstić information content (AvgIpc) is 2.95. The molecule has 6 heteroatoms. The molecule has 0 saturated heterocycles. The van der Waals surface area contributed by atoms with Crippen LogP contribution in [0.3, 0.4) is 0 Å². The lowest BCUT2D eigenvalue weighted by molar-refractivity contribution is 0.193. The van der Waals surface area contributed by atoms with Gasteiger partial charge in [0.2, 0.25) is 0 Å². The van der Waals surface area contributed by atoms with Crippen molar-refractivity contribution in [3.05, 3.63) is 46.8 Å². The Kier molecular flexibility index (Phi) is 4.70. The maximum absolute atomic E-state index is 9.78. The summed E-state index contributed by atoms with van der Waals surface area (Å²) in [5.41, 5.74) is 4.25. The third kappa shape index (κ3) is 3.48. The zero-order chi connectivity index (χ0) is 18.1. The Bertz CT molecular complexity index is 826. The molecule has 0 bridgehead atoms. The minimum Gasteiger partial charge on any atom is -0.497 e. The zero-order valence-corrected chi connectivity index (χ0v) is 15.3. The lowest BCUT2D eigenvalue weighted by Crippen LogP contribution is -2.28. The number of fused-ring (bicyclic) bond motifs is 2. The fraction of sp³-hybridized carbons (Fsp3) is 0.450. The molecule has 1 unspecified atom stereocenters. The van der Waals surface area contributed by atoms with Gasteiger partial charge >= 0.3 is 0 Å². The summed E-state index contributed by atoms with van der Waals surface area (Å²) < 4.78 is 13.3. The molecule has 26 heavy (non-hydrogen) atoms. The number of aliphatic hydroxyl groups excluding tert-OH is 1. The molecule has 0 amide bonds. The minimum atomic E-state index is -0.524. The second kappa shape index (κ2) is 7.13. The molecule has 0 saturated carbocycles. The van der Waals surface area contributed by atoms with E-state index in [1.54, 1.807) is 14.0 Å². The van der Waals surface area contributed by atoms with Gasteiger partial charge in [0.25, 0.3) is 0 Å². The van der Waals surface area contributed by atoms with Gasteiger partial charge in [-0.2, -0.15) is 5.10 Å². The molecule has 0 spiro atoms. The average molecular weight is 355 g/mol. The normalized spacial score (nSPS) is 18.2. The summed E-state index contributed by atoms with van der Waals surface area (Å²) in [7, 11) is 1.68. The summed E-state index contributed by atoms with van der Waals surface area (Å²) in [5, 5.41) is 14.3. The molecule has 4 rings (SSSR count). The van der Waals surface area contributed by atoms with Gasteiger partial charge in [0.15, 0.2) is 0 Å². The molecule has 138 valence electrons. The maximum atomic E-state index is 9.78. The first-order valence-electron chi connectivity index (χ1n) is 9.09. The largest absolute Gasteiger partial charge is 0.497 e. The zero-order valence-electron chi connectivity index (χ0n) is 15.3. The summed E-state index contributed by atoms with van der Waals surface area (Å²) in [4.78, 5) is 2.42. The van der Waals surface area contributed by atoms with E-state index < -0.39 is 6.10 Å². The topological polar surface area (TPSA) is 59.8 Å². The van der Waals surface area contributed by atoms with Gasteiger partial charge in [-0.25, -0.2) is 0 Å². The predicted octanol–water partition coefficient (Wildman–Crippen LogP) is 2.63. The first-order valence-corrected chi connectivity index (χ1v) is 9.09. The summed E-state index contributed by atoms with van der Waals surface area (Å²) in [6.45, 7) is 6.00. The van der Waals surface area contributed by atoms with Crippen LogP contribution in [0, 0.1) is 0 Å². The quantitative estimate of drug-likeness (QED) is 0.914. The van der Waals surface area contributed by atoms with Gasteiger partial charge in [0.05, 0.1) is 24.6 Å². The molecule has 1 atom stereocenters. The van der Waals surface area contributed by atoms with Crippen molar-refractivity contribution in [3.63, 3.8) is 0 Å². The van der Waals surface area contributed by atoms with Gasteiger partial charge in [0.1, 0.15) is 18.1 Å². The highest BCUT2D eigenvalue weighted by molar-refractivity contribution is 5.64. The van der Waals surface area contributed by atoms with Crippen LogP contribution in [-0.2, 0) is 13.1 Å². The van der Waals surface area contributed by atoms with Crippen molar-refractivity contribution in [2.24, 2.45) is 0 Å². The second-order valence-electron chi connectivity index (χ2n) is 7.02. The van der Waals surface area contributed by atoms with E-state index in [0.29, 0.717) is 6.61 Å². The summed E-state index contributed by atoms with van der Waals surface area (Å²) in [6.07, 6.45) is 2.74. The molecule has 1 N–H and O–H groups in total. The van der Waals surface area contributed by atoms with Crippen LogP contribution in [0.5, 0.6) is 11.5 Å². The fourth-order valence-corrected chi connectivity index (χ4v) is 3.60. The van der Waals surface area contributed by atoms with Crippen molar-refractivity contribution in [1.29, 1.82) is 0 Å². The van der Waals surface area contributed by atoms with Crippen LogP contribution in [0.15, 0.2) is 29.8 Å². The molecule has 1 aromatic heterocycles. The second-order valence-corrected chi connectivity index (χ2v) is 7.02. The number of ether oxygens (including phenoxy) is 2. The molecule has 0 radical (unpaired) electrons. The Morgan fingerprint density at radius 3 is 3.00 bits per heavy atom. The molecule has 1 aromatic carbocycles. The van der Waals surface area contributed by atoms with E-state index in [2.05, 4.69) is 16.1 Å². The summed E-state index contributed by atoms with van der Waals surface area (Å²) in [5.74, 6) is 1.75. The molecular weight excluding hydrogens is 330 g/mol. The highest BCUT2D eigenvalue weighted by Crippen LogP contribution is 2.30. The van der Waals surface area contributed by atoms with Gasteiger partial charge in [-0.3, -0.25) is 9.58 Å². The van der Waals surface area contributed by atoms with Crippen molar-refractivity contribution in [3.8, 4) is 11.5 Å². The summed E-state index contributed by atoms with van der Waals surface area (Å²) in [6, 6.07) is 7.92. The van der Waals surface area contributed by atoms with Gasteiger partial charge in [0, 0.05) is 31.7 Å². The van der Waals surface area contributed by atoms with E-state index in [4.69, 9.17) is 9.47 Å². The van der Waals surface area contributed by atoms with E-state index in [1.165, 1.54) is 5.57 Å². The first kappa shape index (κ1) is 17.1. The SMILES string of the molecule is COc1ccc2c(c1)C=C(CN1CCCn3nc(C(C)O)cc3C1)CO2. The number of methoxy groups -OCH3 is 1. The number of rotatable bonds is 4. The van der Waals surface area contributed by atoms with Crippen LogP contribution in [0.1, 0.15) is 36.4 Å². The van der Waals surface area contributed by atoms with Crippen LogP contribution in [-0.4, -0.2) is 46.6 Å². The Balaban J connectivity index is 1.50. The number of aryl methyl sites for hydroxylation is 1. The van der Waals surface area contributed by atoms with Gasteiger partial charge in [-0.1, -0.05) is 0 Å². The molecule has 2 aliphatic rings. The third-order valence-corrected chi connectivity index (χ3v) is 4.96. The molecule has 6 nitrogen and oxygen atoms in total. The lowest BCUT2D eigenvalue weighted by atomic mass is 10.1. The van der Waals surface area contributed by atoms with Gasteiger partial charge in [-0.15, -0.1) is 0 Å². The monoisotopic (exact) mass is 355 g/mol. The molecule has 0 fully saturated rings. The van der Waals surface area contributed by atoms with Crippen LogP contribution in [0.2, 0.25) is 0 Å². The molecule has 2 aromatic rings. The van der Waals surface area contributed by atoms with E-state index in [9.17, 15) is 5.11 Å². The van der Waals surface area contributed by atoms with Crippen LogP contribution in [0.4, 0.5) is 0 Å². The molecule has 2 aliphatic heterocycles.